The highest BCUT2D eigenvalue weighted by Gasteiger charge is 2.57. The zero-order valence-electron chi connectivity index (χ0n) is 14.9. The Morgan fingerprint density at radius 3 is 2.88 bits per heavy atom. The molecule has 4 rings (SSSR count). The number of anilines is 1. The Morgan fingerprint density at radius 2 is 2.12 bits per heavy atom. The average Bonchev–Trinajstić information content (AvgIpc) is 2.78. The predicted molar refractivity (Wildman–Crippen MR) is 100 cm³/mol. The van der Waals surface area contributed by atoms with Crippen LogP contribution in [0.5, 0.6) is 0 Å². The topological polar surface area (TPSA) is 45.2 Å². The van der Waals surface area contributed by atoms with E-state index in [1.54, 1.807) is 6.20 Å². The first-order valence-electron chi connectivity index (χ1n) is 8.73. The van der Waals surface area contributed by atoms with E-state index in [2.05, 4.69) is 66.3 Å². The molecule has 4 nitrogen and oxygen atoms in total. The molecule has 0 aliphatic carbocycles. The molecular weight excluding hydrogens is 310 g/mol. The lowest BCUT2D eigenvalue weighted by molar-refractivity contribution is -0.124. The van der Waals surface area contributed by atoms with Crippen molar-refractivity contribution in [2.75, 3.05) is 11.4 Å². The maximum Gasteiger partial charge on any atom is 0.223 e. The number of hydrogen-bond acceptors (Lipinski definition) is 3. The number of carbonyl (C=O) groups is 1. The molecule has 0 saturated carbocycles. The second-order valence-corrected chi connectivity index (χ2v) is 7.48. The second-order valence-electron chi connectivity index (χ2n) is 7.48. The number of nitrogens with one attached hydrogen (secondary N) is 1. The Labute approximate surface area is 148 Å². The Morgan fingerprint density at radius 1 is 1.28 bits per heavy atom. The van der Waals surface area contributed by atoms with Gasteiger partial charge in [-0.25, -0.2) is 0 Å². The lowest BCUT2D eigenvalue weighted by Gasteiger charge is -2.49. The van der Waals surface area contributed by atoms with E-state index >= 15 is 0 Å². The average molecular weight is 333 g/mol. The summed E-state index contributed by atoms with van der Waals surface area (Å²) < 4.78 is 0. The van der Waals surface area contributed by atoms with Gasteiger partial charge in [0.15, 0.2) is 0 Å². The third kappa shape index (κ3) is 2.28. The normalized spacial score (nSPS) is 24.1. The van der Waals surface area contributed by atoms with E-state index in [0.717, 1.165) is 12.1 Å². The highest BCUT2D eigenvalue weighted by molar-refractivity contribution is 5.84. The fourth-order valence-electron chi connectivity index (χ4n) is 4.16. The van der Waals surface area contributed by atoms with Gasteiger partial charge in [-0.3, -0.25) is 9.78 Å². The summed E-state index contributed by atoms with van der Waals surface area (Å²) in [5.41, 5.74) is 3.96. The predicted octanol–water partition coefficient (Wildman–Crippen LogP) is 3.42. The van der Waals surface area contributed by atoms with Crippen molar-refractivity contribution in [2.24, 2.45) is 0 Å². The highest BCUT2D eigenvalue weighted by Crippen LogP contribution is 2.52. The van der Waals surface area contributed by atoms with Crippen LogP contribution >= 0.6 is 0 Å². The maximum absolute atomic E-state index is 12.3. The van der Waals surface area contributed by atoms with Crippen LogP contribution < -0.4 is 10.2 Å². The lowest BCUT2D eigenvalue weighted by atomic mass is 9.74. The van der Waals surface area contributed by atoms with Crippen LogP contribution in [-0.4, -0.2) is 23.1 Å². The molecule has 0 bridgehead atoms. The first-order valence-corrected chi connectivity index (χ1v) is 8.73. The molecule has 2 aliphatic heterocycles. The quantitative estimate of drug-likeness (QED) is 0.916. The molecule has 25 heavy (non-hydrogen) atoms. The summed E-state index contributed by atoms with van der Waals surface area (Å²) in [6.45, 7) is 7.27. The van der Waals surface area contributed by atoms with Gasteiger partial charge in [-0.1, -0.05) is 43.7 Å². The Balaban J connectivity index is 1.87. The standard InChI is InChI=1S/C21H23N3O/c1-15-6-7-18-17(13-15)20(2,3)21(23-19(25)9-12-24(18)21)10-8-16-5-4-11-22-14-16/h4-8,10-11,13-14H,9,12H2,1-3H3,(H,23,25). The molecule has 1 fully saturated rings. The van der Waals surface area contributed by atoms with Gasteiger partial charge in [-0.15, -0.1) is 0 Å². The minimum absolute atomic E-state index is 0.102. The zero-order valence-corrected chi connectivity index (χ0v) is 14.9. The Hall–Kier alpha value is -2.62. The number of hydrogen-bond donors (Lipinski definition) is 1. The molecule has 1 N–H and O–H groups in total. The van der Waals surface area contributed by atoms with Crippen molar-refractivity contribution in [1.82, 2.24) is 10.3 Å². The molecule has 1 unspecified atom stereocenters. The van der Waals surface area contributed by atoms with Crippen molar-refractivity contribution in [3.05, 3.63) is 65.5 Å². The van der Waals surface area contributed by atoms with Gasteiger partial charge in [0.2, 0.25) is 5.91 Å². The van der Waals surface area contributed by atoms with Gasteiger partial charge in [-0.05, 0) is 36.3 Å². The molecule has 1 aromatic carbocycles. The van der Waals surface area contributed by atoms with E-state index in [1.807, 2.05) is 18.3 Å². The van der Waals surface area contributed by atoms with Gasteiger partial charge in [0.05, 0.1) is 0 Å². The smallest absolute Gasteiger partial charge is 0.223 e. The summed E-state index contributed by atoms with van der Waals surface area (Å²) in [6.07, 6.45) is 8.32. The lowest BCUT2D eigenvalue weighted by Crippen LogP contribution is -2.68. The largest absolute Gasteiger partial charge is 0.344 e. The molecule has 1 atom stereocenters. The number of aromatic nitrogens is 1. The van der Waals surface area contributed by atoms with E-state index in [4.69, 9.17) is 0 Å². The summed E-state index contributed by atoms with van der Waals surface area (Å²) in [5.74, 6) is 0.102. The van der Waals surface area contributed by atoms with Crippen LogP contribution in [0.4, 0.5) is 5.69 Å². The van der Waals surface area contributed by atoms with E-state index < -0.39 is 5.66 Å². The molecule has 0 spiro atoms. The highest BCUT2D eigenvalue weighted by atomic mass is 16.2. The van der Waals surface area contributed by atoms with Crippen molar-refractivity contribution in [2.45, 2.75) is 38.3 Å². The number of carbonyl (C=O) groups excluding carboxylic acids is 1. The number of benzene rings is 1. The molecule has 2 aromatic rings. The third-order valence-electron chi connectivity index (χ3n) is 5.59. The number of pyridine rings is 1. The van der Waals surface area contributed by atoms with E-state index in [1.165, 1.54) is 16.8 Å². The number of nitrogens with zero attached hydrogens (tertiary/aromatic N) is 2. The van der Waals surface area contributed by atoms with Gasteiger partial charge in [-0.2, -0.15) is 0 Å². The summed E-state index contributed by atoms with van der Waals surface area (Å²) >= 11 is 0. The molecule has 1 aromatic heterocycles. The molecule has 4 heteroatoms. The molecular formula is C21H23N3O. The van der Waals surface area contributed by atoms with Gasteiger partial charge in [0, 0.05) is 36.5 Å². The van der Waals surface area contributed by atoms with Crippen LogP contribution in [0.1, 0.15) is 37.0 Å². The molecule has 0 radical (unpaired) electrons. The molecule has 1 amide bonds. The van der Waals surface area contributed by atoms with Crippen LogP contribution in [0.15, 0.2) is 48.8 Å². The second kappa shape index (κ2) is 5.45. The van der Waals surface area contributed by atoms with Crippen molar-refractivity contribution >= 4 is 17.7 Å². The fourth-order valence-corrected chi connectivity index (χ4v) is 4.16. The van der Waals surface area contributed by atoms with Gasteiger partial charge in [0.25, 0.3) is 0 Å². The third-order valence-corrected chi connectivity index (χ3v) is 5.59. The summed E-state index contributed by atoms with van der Waals surface area (Å²) in [6, 6.07) is 10.5. The summed E-state index contributed by atoms with van der Waals surface area (Å²) in [5, 5.41) is 3.30. The van der Waals surface area contributed by atoms with Crippen molar-refractivity contribution in [3.63, 3.8) is 0 Å². The van der Waals surface area contributed by atoms with Crippen LogP contribution in [0.25, 0.3) is 6.08 Å². The first kappa shape index (κ1) is 15.9. The van der Waals surface area contributed by atoms with E-state index in [-0.39, 0.29) is 11.3 Å². The van der Waals surface area contributed by atoms with E-state index in [9.17, 15) is 4.79 Å². The first-order chi connectivity index (χ1) is 11.9. The van der Waals surface area contributed by atoms with Crippen LogP contribution in [0, 0.1) is 6.92 Å². The minimum Gasteiger partial charge on any atom is -0.344 e. The van der Waals surface area contributed by atoms with Crippen LogP contribution in [0.3, 0.4) is 0 Å². The Kier molecular flexibility index (Phi) is 3.46. The molecule has 1 saturated heterocycles. The molecule has 3 heterocycles. The zero-order chi connectivity index (χ0) is 17.7. The number of fused-ring (bicyclic) bond motifs is 3. The van der Waals surface area contributed by atoms with Gasteiger partial charge in [0.1, 0.15) is 5.66 Å². The monoisotopic (exact) mass is 333 g/mol. The Bertz CT molecular complexity index is 857. The fraction of sp³-hybridized carbons (Fsp3) is 0.333. The van der Waals surface area contributed by atoms with Gasteiger partial charge < -0.3 is 10.2 Å². The molecule has 128 valence electrons. The van der Waals surface area contributed by atoms with Crippen LogP contribution in [0.2, 0.25) is 0 Å². The van der Waals surface area contributed by atoms with Gasteiger partial charge >= 0.3 is 0 Å². The van der Waals surface area contributed by atoms with Crippen molar-refractivity contribution in [3.8, 4) is 0 Å². The van der Waals surface area contributed by atoms with Crippen molar-refractivity contribution < 1.29 is 4.79 Å². The summed E-state index contributed by atoms with van der Waals surface area (Å²) in [7, 11) is 0. The van der Waals surface area contributed by atoms with Crippen LogP contribution in [-0.2, 0) is 10.2 Å². The summed E-state index contributed by atoms with van der Waals surface area (Å²) in [4.78, 5) is 18.9. The maximum atomic E-state index is 12.3. The number of amides is 1. The number of rotatable bonds is 2. The number of aryl methyl sites for hydroxylation is 1. The van der Waals surface area contributed by atoms with E-state index in [0.29, 0.717) is 6.42 Å². The van der Waals surface area contributed by atoms with Crippen molar-refractivity contribution in [1.29, 1.82) is 0 Å². The molecule has 2 aliphatic rings. The minimum atomic E-state index is -0.561. The SMILES string of the molecule is Cc1ccc2c(c1)C(C)(C)C1(C=Cc3cccnc3)NC(=O)CCN21.